The van der Waals surface area contributed by atoms with Crippen molar-refractivity contribution in [3.8, 4) is 5.75 Å². The molecule has 16 heavy (non-hydrogen) atoms. The summed E-state index contributed by atoms with van der Waals surface area (Å²) in [4.78, 5) is 21.1. The van der Waals surface area contributed by atoms with Gasteiger partial charge in [-0.05, 0) is 13.0 Å². The zero-order valence-corrected chi connectivity index (χ0v) is 9.02. The highest BCUT2D eigenvalue weighted by Gasteiger charge is 2.21. The van der Waals surface area contributed by atoms with Crippen molar-refractivity contribution in [3.63, 3.8) is 0 Å². The lowest BCUT2D eigenvalue weighted by Crippen LogP contribution is -2.05. The van der Waals surface area contributed by atoms with Crippen molar-refractivity contribution in [2.75, 3.05) is 6.61 Å². The summed E-state index contributed by atoms with van der Waals surface area (Å²) in [6, 6.07) is 1.98. The third-order valence-corrected chi connectivity index (χ3v) is 2.13. The average molecular weight is 246 g/mol. The van der Waals surface area contributed by atoms with Gasteiger partial charge >= 0.3 is 5.97 Å². The van der Waals surface area contributed by atoms with Gasteiger partial charge in [0.05, 0.1) is 17.1 Å². The van der Waals surface area contributed by atoms with Crippen molar-refractivity contribution in [1.82, 2.24) is 0 Å². The molecule has 7 heteroatoms. The number of phenolic OH excluding ortho intramolecular Hbond substituents is 1. The minimum atomic E-state index is -0.787. The lowest BCUT2D eigenvalue weighted by atomic mass is 10.2. The van der Waals surface area contributed by atoms with E-state index in [1.54, 1.807) is 6.92 Å². The number of halogens is 1. The second-order valence-electron chi connectivity index (χ2n) is 2.81. The number of phenols is 1. The third kappa shape index (κ3) is 2.40. The number of ether oxygens (including phenoxy) is 1. The van der Waals surface area contributed by atoms with E-state index in [2.05, 4.69) is 4.74 Å². The molecule has 1 N–H and O–H groups in total. The number of nitro benzene ring substituents is 1. The van der Waals surface area contributed by atoms with Crippen molar-refractivity contribution in [3.05, 3.63) is 32.8 Å². The summed E-state index contributed by atoms with van der Waals surface area (Å²) in [6.45, 7) is 1.73. The molecular weight excluding hydrogens is 238 g/mol. The summed E-state index contributed by atoms with van der Waals surface area (Å²) in [5, 5.41) is 19.5. The van der Waals surface area contributed by atoms with Gasteiger partial charge < -0.3 is 9.84 Å². The van der Waals surface area contributed by atoms with Crippen LogP contribution < -0.4 is 0 Å². The monoisotopic (exact) mass is 245 g/mol. The molecule has 0 aliphatic rings. The van der Waals surface area contributed by atoms with E-state index < -0.39 is 27.4 Å². The number of hydrogen-bond donors (Lipinski definition) is 1. The van der Waals surface area contributed by atoms with Gasteiger partial charge in [-0.15, -0.1) is 0 Å². The molecule has 1 rings (SSSR count). The van der Waals surface area contributed by atoms with E-state index in [9.17, 15) is 20.0 Å². The summed E-state index contributed by atoms with van der Waals surface area (Å²) in [5.41, 5.74) is -0.653. The molecule has 0 aliphatic carbocycles. The fourth-order valence-corrected chi connectivity index (χ4v) is 1.24. The predicted octanol–water partition coefficient (Wildman–Crippen LogP) is 2.13. The summed E-state index contributed by atoms with van der Waals surface area (Å²) in [5.74, 6) is -1.28. The maximum Gasteiger partial charge on any atom is 0.338 e. The van der Waals surface area contributed by atoms with E-state index in [-0.39, 0.29) is 12.2 Å². The van der Waals surface area contributed by atoms with E-state index in [0.29, 0.717) is 0 Å². The highest BCUT2D eigenvalue weighted by Crippen LogP contribution is 2.34. The fourth-order valence-electron chi connectivity index (χ4n) is 1.06. The summed E-state index contributed by atoms with van der Waals surface area (Å²) in [7, 11) is 0. The first-order valence-corrected chi connectivity index (χ1v) is 4.69. The van der Waals surface area contributed by atoms with Crippen LogP contribution >= 0.6 is 11.6 Å². The molecule has 86 valence electrons. The normalized spacial score (nSPS) is 9.88. The highest BCUT2D eigenvalue weighted by atomic mass is 35.5. The van der Waals surface area contributed by atoms with Crippen molar-refractivity contribution < 1.29 is 19.6 Å². The number of esters is 1. The van der Waals surface area contributed by atoms with Gasteiger partial charge in [0.1, 0.15) is 5.75 Å². The van der Waals surface area contributed by atoms with Crippen LogP contribution in [0.15, 0.2) is 12.1 Å². The average Bonchev–Trinajstić information content (AvgIpc) is 2.21. The standard InChI is InChI=1S/C9H8ClNO5/c1-2-16-9(13)5-3-6(11(14)15)8(10)7(12)4-5/h3-4,12H,2H2,1H3. The van der Waals surface area contributed by atoms with Crippen molar-refractivity contribution >= 4 is 23.3 Å². The van der Waals surface area contributed by atoms with Gasteiger partial charge in [0.2, 0.25) is 0 Å². The van der Waals surface area contributed by atoms with Gasteiger partial charge in [-0.25, -0.2) is 4.79 Å². The zero-order chi connectivity index (χ0) is 12.3. The van der Waals surface area contributed by atoms with Crippen LogP contribution in [0.4, 0.5) is 5.69 Å². The van der Waals surface area contributed by atoms with Gasteiger partial charge in [-0.1, -0.05) is 11.6 Å². The molecule has 0 atom stereocenters. The molecule has 0 bridgehead atoms. The van der Waals surface area contributed by atoms with Crippen LogP contribution in [0.25, 0.3) is 0 Å². The summed E-state index contributed by atoms with van der Waals surface area (Å²) < 4.78 is 4.64. The number of carbonyl (C=O) groups excluding carboxylic acids is 1. The smallest absolute Gasteiger partial charge is 0.338 e. The molecule has 0 heterocycles. The minimum Gasteiger partial charge on any atom is -0.506 e. The van der Waals surface area contributed by atoms with Crippen LogP contribution in [-0.4, -0.2) is 22.6 Å². The Balaban J connectivity index is 3.24. The molecular formula is C9H8ClNO5. The first-order chi connectivity index (χ1) is 7.47. The van der Waals surface area contributed by atoms with Crippen LogP contribution in [0.1, 0.15) is 17.3 Å². The van der Waals surface area contributed by atoms with E-state index >= 15 is 0 Å². The van der Waals surface area contributed by atoms with E-state index in [1.165, 1.54) is 0 Å². The first-order valence-electron chi connectivity index (χ1n) is 4.31. The lowest BCUT2D eigenvalue weighted by molar-refractivity contribution is -0.384. The highest BCUT2D eigenvalue weighted by molar-refractivity contribution is 6.34. The first kappa shape index (κ1) is 12.3. The lowest BCUT2D eigenvalue weighted by Gasteiger charge is -2.04. The molecule has 0 saturated carbocycles. The molecule has 0 aromatic heterocycles. The van der Waals surface area contributed by atoms with Crippen molar-refractivity contribution in [2.24, 2.45) is 0 Å². The van der Waals surface area contributed by atoms with Gasteiger partial charge in [0, 0.05) is 6.07 Å². The molecule has 0 unspecified atom stereocenters. The molecule has 0 amide bonds. The second kappa shape index (κ2) is 4.80. The number of carbonyl (C=O) groups is 1. The summed E-state index contributed by atoms with van der Waals surface area (Å²) in [6.07, 6.45) is 0. The third-order valence-electron chi connectivity index (χ3n) is 1.74. The van der Waals surface area contributed by atoms with Gasteiger partial charge in [0.15, 0.2) is 5.02 Å². The second-order valence-corrected chi connectivity index (χ2v) is 3.18. The quantitative estimate of drug-likeness (QED) is 0.500. The fraction of sp³-hybridized carbons (Fsp3) is 0.222. The number of nitrogens with zero attached hydrogens (tertiary/aromatic N) is 1. The number of nitro groups is 1. The Labute approximate surface area is 95.6 Å². The molecule has 0 spiro atoms. The Kier molecular flexibility index (Phi) is 3.68. The Bertz CT molecular complexity index is 446. The van der Waals surface area contributed by atoms with Gasteiger partial charge in [-0.3, -0.25) is 10.1 Å². The van der Waals surface area contributed by atoms with Crippen LogP contribution in [0.3, 0.4) is 0 Å². The minimum absolute atomic E-state index is 0.115. The van der Waals surface area contributed by atoms with Crippen LogP contribution in [0.2, 0.25) is 5.02 Å². The number of rotatable bonds is 3. The largest absolute Gasteiger partial charge is 0.506 e. The number of aromatic hydroxyl groups is 1. The Hall–Kier alpha value is -1.82. The molecule has 6 nitrogen and oxygen atoms in total. The van der Waals surface area contributed by atoms with Gasteiger partial charge in [-0.2, -0.15) is 0 Å². The Morgan fingerprint density at radius 3 is 2.75 bits per heavy atom. The van der Waals surface area contributed by atoms with Crippen LogP contribution in [-0.2, 0) is 4.74 Å². The molecule has 0 fully saturated rings. The Morgan fingerprint density at radius 2 is 2.25 bits per heavy atom. The van der Waals surface area contributed by atoms with Crippen LogP contribution in [0, 0.1) is 10.1 Å². The van der Waals surface area contributed by atoms with Crippen molar-refractivity contribution in [2.45, 2.75) is 6.92 Å². The summed E-state index contributed by atoms with van der Waals surface area (Å²) >= 11 is 5.50. The van der Waals surface area contributed by atoms with Gasteiger partial charge in [0.25, 0.3) is 5.69 Å². The van der Waals surface area contributed by atoms with E-state index in [0.717, 1.165) is 12.1 Å². The maximum absolute atomic E-state index is 11.3. The van der Waals surface area contributed by atoms with Crippen LogP contribution in [0.5, 0.6) is 5.75 Å². The zero-order valence-electron chi connectivity index (χ0n) is 8.27. The number of benzene rings is 1. The SMILES string of the molecule is CCOC(=O)c1cc(O)c(Cl)c([N+](=O)[O-])c1. The predicted molar refractivity (Wildman–Crippen MR) is 55.7 cm³/mol. The topological polar surface area (TPSA) is 89.7 Å². The van der Waals surface area contributed by atoms with E-state index in [1.807, 2.05) is 0 Å². The molecule has 0 saturated heterocycles. The molecule has 0 aliphatic heterocycles. The Morgan fingerprint density at radius 1 is 1.62 bits per heavy atom. The van der Waals surface area contributed by atoms with Crippen molar-refractivity contribution in [1.29, 1.82) is 0 Å². The molecule has 1 aromatic carbocycles. The van der Waals surface area contributed by atoms with E-state index in [4.69, 9.17) is 11.6 Å². The molecule has 1 aromatic rings. The molecule has 0 radical (unpaired) electrons. The number of hydrogen-bond acceptors (Lipinski definition) is 5. The maximum atomic E-state index is 11.3.